The smallest absolute Gasteiger partial charge is 0.173 e. The van der Waals surface area contributed by atoms with E-state index < -0.39 is 13.4 Å². The van der Waals surface area contributed by atoms with Crippen LogP contribution < -0.4 is 15.9 Å². The summed E-state index contributed by atoms with van der Waals surface area (Å²) in [5.41, 5.74) is 0.640. The van der Waals surface area contributed by atoms with Crippen LogP contribution in [0.15, 0.2) is 121 Å². The summed E-state index contributed by atoms with van der Waals surface area (Å²) in [6.45, 7) is 2.08. The summed E-state index contributed by atoms with van der Waals surface area (Å²) in [6.07, 6.45) is 0.122. The molecule has 0 bridgehead atoms. The van der Waals surface area contributed by atoms with Crippen LogP contribution in [0.4, 0.5) is 0 Å². The first-order valence-electron chi connectivity index (χ1n) is 11.5. The van der Waals surface area contributed by atoms with Crippen molar-refractivity contribution in [3.05, 3.63) is 127 Å². The molecule has 2 nitrogen and oxygen atoms in total. The Bertz CT molecular complexity index is 1050. The lowest BCUT2D eigenvalue weighted by molar-refractivity contribution is -0.119. The van der Waals surface area contributed by atoms with E-state index in [1.807, 2.05) is 48.5 Å². The van der Waals surface area contributed by atoms with Crippen molar-refractivity contribution < 1.29 is 9.90 Å². The fourth-order valence-electron chi connectivity index (χ4n) is 4.65. The molecule has 0 aliphatic carbocycles. The fraction of sp³-hybridized carbons (Fsp3) is 0.167. The van der Waals surface area contributed by atoms with Crippen molar-refractivity contribution in [2.24, 2.45) is 0 Å². The normalized spacial score (nSPS) is 13.3. The number of aliphatic hydroxyl groups is 1. The van der Waals surface area contributed by atoms with E-state index in [2.05, 4.69) is 79.7 Å². The molecule has 0 amide bonds. The zero-order chi connectivity index (χ0) is 23.1. The van der Waals surface area contributed by atoms with E-state index in [9.17, 15) is 9.90 Å². The van der Waals surface area contributed by atoms with Gasteiger partial charge in [-0.2, -0.15) is 0 Å². The van der Waals surface area contributed by atoms with Gasteiger partial charge in [-0.05, 0) is 55.3 Å². The summed E-state index contributed by atoms with van der Waals surface area (Å²) < 4.78 is 0. The van der Waals surface area contributed by atoms with Crippen LogP contribution in [0.3, 0.4) is 0 Å². The average molecular weight is 454 g/mol. The molecule has 4 rings (SSSR count). The lowest BCUT2D eigenvalue weighted by Gasteiger charge is -2.32. The maximum Gasteiger partial charge on any atom is 0.173 e. The predicted octanol–water partition coefficient (Wildman–Crippen LogP) is 5.45. The average Bonchev–Trinajstić information content (AvgIpc) is 2.90. The molecule has 0 aliphatic heterocycles. The Morgan fingerprint density at radius 1 is 0.667 bits per heavy atom. The second kappa shape index (κ2) is 10.7. The number of ketones is 1. The van der Waals surface area contributed by atoms with Crippen LogP contribution in [0.5, 0.6) is 0 Å². The van der Waals surface area contributed by atoms with Crippen LogP contribution in [0.2, 0.25) is 0 Å². The topological polar surface area (TPSA) is 37.3 Å². The number of Topliss-reactive ketones (excluding diaryl/α,β-unsaturated/α-hetero) is 1. The first-order chi connectivity index (χ1) is 16.1. The zero-order valence-electron chi connectivity index (χ0n) is 18.9. The maximum absolute atomic E-state index is 13.8. The molecule has 0 saturated heterocycles. The minimum Gasteiger partial charge on any atom is -0.388 e. The summed E-state index contributed by atoms with van der Waals surface area (Å²) in [4.78, 5) is 13.8. The third kappa shape index (κ3) is 4.83. The van der Waals surface area contributed by atoms with Crippen LogP contribution in [0.25, 0.3) is 0 Å². The molecule has 0 saturated carbocycles. The van der Waals surface area contributed by atoms with Crippen molar-refractivity contribution in [3.63, 3.8) is 0 Å². The standard InChI is InChI=1S/C30H30O2P/c1-24(29(31)22-23-30(32)25-14-6-2-7-15-25)33(26-16-8-3-9-17-26,27-18-10-4-11-19-27)28-20-12-5-13-21-28/h2-21,24,30,32H,22-23H2,1H3/q+1. The third-order valence-electron chi connectivity index (χ3n) is 6.39. The highest BCUT2D eigenvalue weighted by Crippen LogP contribution is 2.60. The fourth-order valence-corrected chi connectivity index (χ4v) is 9.38. The Morgan fingerprint density at radius 3 is 1.42 bits per heavy atom. The van der Waals surface area contributed by atoms with E-state index in [1.165, 1.54) is 15.9 Å². The molecule has 0 spiro atoms. The number of carbonyl (C=O) groups is 1. The number of rotatable bonds is 9. The second-order valence-electron chi connectivity index (χ2n) is 8.34. The second-order valence-corrected chi connectivity index (χ2v) is 12.1. The summed E-state index contributed by atoms with van der Waals surface area (Å²) >= 11 is 0. The van der Waals surface area contributed by atoms with E-state index in [1.54, 1.807) is 0 Å². The summed E-state index contributed by atoms with van der Waals surface area (Å²) in [5, 5.41) is 14.3. The molecular weight excluding hydrogens is 423 g/mol. The lowest BCUT2D eigenvalue weighted by atomic mass is 10.0. The first kappa shape index (κ1) is 23.1. The van der Waals surface area contributed by atoms with Crippen molar-refractivity contribution in [1.82, 2.24) is 0 Å². The molecule has 0 aliphatic rings. The number of hydrogen-bond acceptors (Lipinski definition) is 2. The number of benzene rings is 4. The minimum absolute atomic E-state index is 0.190. The van der Waals surface area contributed by atoms with E-state index in [4.69, 9.17) is 0 Å². The van der Waals surface area contributed by atoms with Gasteiger partial charge in [-0.1, -0.05) is 84.9 Å². The van der Waals surface area contributed by atoms with Gasteiger partial charge in [0.1, 0.15) is 28.8 Å². The molecule has 4 aromatic carbocycles. The van der Waals surface area contributed by atoms with E-state index >= 15 is 0 Å². The lowest BCUT2D eigenvalue weighted by Crippen LogP contribution is -2.41. The number of aliphatic hydroxyl groups excluding tert-OH is 1. The first-order valence-corrected chi connectivity index (χ1v) is 13.3. The highest BCUT2D eigenvalue weighted by molar-refractivity contribution is 7.96. The van der Waals surface area contributed by atoms with Gasteiger partial charge in [0.2, 0.25) is 0 Å². The Kier molecular flexibility index (Phi) is 7.50. The van der Waals surface area contributed by atoms with E-state index in [0.29, 0.717) is 12.8 Å². The van der Waals surface area contributed by atoms with Crippen LogP contribution in [0, 0.1) is 0 Å². The molecule has 2 atom stereocenters. The van der Waals surface area contributed by atoms with Crippen molar-refractivity contribution in [2.45, 2.75) is 31.5 Å². The minimum atomic E-state index is -2.26. The third-order valence-corrected chi connectivity index (χ3v) is 11.2. The molecule has 0 heterocycles. The molecule has 0 aromatic heterocycles. The van der Waals surface area contributed by atoms with Crippen LogP contribution >= 0.6 is 7.26 Å². The monoisotopic (exact) mass is 453 g/mol. The van der Waals surface area contributed by atoms with Crippen LogP contribution in [-0.4, -0.2) is 16.5 Å². The molecule has 2 unspecified atom stereocenters. The van der Waals surface area contributed by atoms with Gasteiger partial charge >= 0.3 is 0 Å². The van der Waals surface area contributed by atoms with Gasteiger partial charge in [-0.3, -0.25) is 4.79 Å². The van der Waals surface area contributed by atoms with Crippen LogP contribution in [-0.2, 0) is 4.79 Å². The molecule has 1 N–H and O–H groups in total. The Labute approximate surface area is 197 Å². The van der Waals surface area contributed by atoms with Gasteiger partial charge in [-0.15, -0.1) is 0 Å². The van der Waals surface area contributed by atoms with Gasteiger partial charge in [0.25, 0.3) is 0 Å². The molecule has 4 aromatic rings. The number of carbonyl (C=O) groups excluding carboxylic acids is 1. The summed E-state index contributed by atoms with van der Waals surface area (Å²) in [7, 11) is -2.26. The maximum atomic E-state index is 13.8. The molecule has 0 fully saturated rings. The van der Waals surface area contributed by atoms with Gasteiger partial charge in [0.15, 0.2) is 5.78 Å². The highest BCUT2D eigenvalue weighted by Gasteiger charge is 2.52. The Hall–Kier alpha value is -3.06. The Balaban J connectivity index is 1.75. The molecule has 166 valence electrons. The molecule has 0 radical (unpaired) electrons. The number of hydrogen-bond donors (Lipinski definition) is 1. The van der Waals surface area contributed by atoms with E-state index in [-0.39, 0.29) is 11.4 Å². The van der Waals surface area contributed by atoms with E-state index in [0.717, 1.165) is 5.56 Å². The van der Waals surface area contributed by atoms with Gasteiger partial charge < -0.3 is 5.11 Å². The SMILES string of the molecule is CC(C(=O)CCC(O)c1ccccc1)[P+](c1ccccc1)(c1ccccc1)c1ccccc1. The van der Waals surface area contributed by atoms with Gasteiger partial charge in [0, 0.05) is 6.42 Å². The van der Waals surface area contributed by atoms with Gasteiger partial charge in [-0.25, -0.2) is 0 Å². The van der Waals surface area contributed by atoms with Gasteiger partial charge in [0.05, 0.1) is 6.10 Å². The molecule has 33 heavy (non-hydrogen) atoms. The summed E-state index contributed by atoms with van der Waals surface area (Å²) in [5.74, 6) is 0.190. The van der Waals surface area contributed by atoms with Crippen molar-refractivity contribution in [1.29, 1.82) is 0 Å². The predicted molar refractivity (Wildman–Crippen MR) is 140 cm³/mol. The molecule has 3 heteroatoms. The largest absolute Gasteiger partial charge is 0.388 e. The quantitative estimate of drug-likeness (QED) is 0.342. The van der Waals surface area contributed by atoms with Crippen molar-refractivity contribution in [3.8, 4) is 0 Å². The van der Waals surface area contributed by atoms with Crippen molar-refractivity contribution >= 4 is 29.0 Å². The van der Waals surface area contributed by atoms with Crippen LogP contribution in [0.1, 0.15) is 31.4 Å². The zero-order valence-corrected chi connectivity index (χ0v) is 19.8. The summed E-state index contributed by atoms with van der Waals surface area (Å²) in [6, 6.07) is 41.0. The Morgan fingerprint density at radius 2 is 1.03 bits per heavy atom. The highest BCUT2D eigenvalue weighted by atomic mass is 31.2. The molecular formula is C30H30O2P+. The van der Waals surface area contributed by atoms with Crippen molar-refractivity contribution in [2.75, 3.05) is 0 Å².